The van der Waals surface area contributed by atoms with Crippen LogP contribution in [0.25, 0.3) is 10.2 Å². The summed E-state index contributed by atoms with van der Waals surface area (Å²) in [6.07, 6.45) is 4.73. The number of Topliss-reactive ketones (excluding diaryl/α,β-unsaturated/α-hetero) is 1. The third-order valence-electron chi connectivity index (χ3n) is 5.65. The van der Waals surface area contributed by atoms with Crippen molar-refractivity contribution in [1.29, 1.82) is 0 Å². The number of thiophene rings is 1. The number of hydrogen-bond acceptors (Lipinski definition) is 5. The van der Waals surface area contributed by atoms with E-state index < -0.39 is 0 Å². The van der Waals surface area contributed by atoms with Gasteiger partial charge in [-0.2, -0.15) is 0 Å². The van der Waals surface area contributed by atoms with Gasteiger partial charge in [-0.05, 0) is 54.5 Å². The van der Waals surface area contributed by atoms with Gasteiger partial charge in [-0.25, -0.2) is 4.98 Å². The summed E-state index contributed by atoms with van der Waals surface area (Å²) in [5.41, 5.74) is 3.06. The van der Waals surface area contributed by atoms with E-state index in [1.54, 1.807) is 29.5 Å². The maximum atomic E-state index is 13.1. The van der Waals surface area contributed by atoms with Gasteiger partial charge >= 0.3 is 0 Å². The standard InChI is InChI=1S/C21H19N3O3S/c1-11-2-4-14-17(6-11)28-20-19(14)21(27)24(10-22-20)9-16(25)12-3-5-15-13(7-12)8-18(26)23-15/h3,5,7,10-11H,2,4,6,8-9H2,1H3,(H,23,26)/t11-/m1/s1. The molecule has 0 saturated heterocycles. The molecule has 3 aromatic rings. The SMILES string of the molecule is C[C@@H]1CCc2c(sc3ncn(CC(=O)c4ccc5c(c4)CC(=O)N5)c(=O)c23)C1. The lowest BCUT2D eigenvalue weighted by atomic mass is 9.89. The number of benzene rings is 1. The van der Waals surface area contributed by atoms with E-state index in [9.17, 15) is 14.4 Å². The van der Waals surface area contributed by atoms with Crippen LogP contribution in [0.3, 0.4) is 0 Å². The first kappa shape index (κ1) is 17.3. The van der Waals surface area contributed by atoms with Crippen molar-refractivity contribution in [2.75, 3.05) is 5.32 Å². The van der Waals surface area contributed by atoms with Gasteiger partial charge in [0, 0.05) is 16.1 Å². The van der Waals surface area contributed by atoms with Crippen LogP contribution in [-0.4, -0.2) is 21.2 Å². The van der Waals surface area contributed by atoms with Crippen molar-refractivity contribution >= 4 is 38.9 Å². The minimum Gasteiger partial charge on any atom is -0.326 e. The lowest BCUT2D eigenvalue weighted by molar-refractivity contribution is -0.115. The van der Waals surface area contributed by atoms with Gasteiger partial charge < -0.3 is 5.32 Å². The number of carbonyl (C=O) groups is 2. The molecule has 142 valence electrons. The Kier molecular flexibility index (Phi) is 3.94. The number of nitrogens with zero attached hydrogens (tertiary/aromatic N) is 2. The molecule has 6 nitrogen and oxygen atoms in total. The molecule has 1 aliphatic carbocycles. The van der Waals surface area contributed by atoms with E-state index in [4.69, 9.17) is 0 Å². The Labute approximate surface area is 165 Å². The third kappa shape index (κ3) is 2.77. The first-order chi connectivity index (χ1) is 13.5. The van der Waals surface area contributed by atoms with Crippen LogP contribution < -0.4 is 10.9 Å². The fourth-order valence-electron chi connectivity index (χ4n) is 4.13. The molecular formula is C21H19N3O3S. The van der Waals surface area contributed by atoms with Gasteiger partial charge in [-0.1, -0.05) is 6.92 Å². The number of amides is 1. The lowest BCUT2D eigenvalue weighted by Gasteiger charge is -2.17. The summed E-state index contributed by atoms with van der Waals surface area (Å²) in [6, 6.07) is 5.17. The molecule has 0 radical (unpaired) electrons. The number of rotatable bonds is 3. The molecule has 0 saturated carbocycles. The van der Waals surface area contributed by atoms with E-state index in [2.05, 4.69) is 17.2 Å². The normalized spacial score (nSPS) is 18.0. The van der Waals surface area contributed by atoms with E-state index >= 15 is 0 Å². The second kappa shape index (κ2) is 6.38. The van der Waals surface area contributed by atoms with Gasteiger partial charge in [-0.3, -0.25) is 19.0 Å². The quantitative estimate of drug-likeness (QED) is 0.694. The van der Waals surface area contributed by atoms with Crippen molar-refractivity contribution in [2.24, 2.45) is 5.92 Å². The molecule has 0 spiro atoms. The minimum absolute atomic E-state index is 0.0526. The fraction of sp³-hybridized carbons (Fsp3) is 0.333. The zero-order valence-electron chi connectivity index (χ0n) is 15.4. The molecule has 1 aromatic carbocycles. The fourth-order valence-corrected chi connectivity index (χ4v) is 5.47. The van der Waals surface area contributed by atoms with Crippen LogP contribution >= 0.6 is 11.3 Å². The summed E-state index contributed by atoms with van der Waals surface area (Å²) in [7, 11) is 0. The van der Waals surface area contributed by atoms with Crippen LogP contribution in [0.4, 0.5) is 5.69 Å². The summed E-state index contributed by atoms with van der Waals surface area (Å²) in [6.45, 7) is 2.18. The van der Waals surface area contributed by atoms with Crippen LogP contribution in [0.2, 0.25) is 0 Å². The molecule has 1 aliphatic heterocycles. The molecule has 1 atom stereocenters. The van der Waals surface area contributed by atoms with Gasteiger partial charge in [0.1, 0.15) is 4.83 Å². The molecule has 1 N–H and O–H groups in total. The average molecular weight is 393 g/mol. The van der Waals surface area contributed by atoms with Gasteiger partial charge in [0.15, 0.2) is 5.78 Å². The number of aryl methyl sites for hydroxylation is 1. The van der Waals surface area contributed by atoms with Crippen molar-refractivity contribution in [3.63, 3.8) is 0 Å². The van der Waals surface area contributed by atoms with Crippen molar-refractivity contribution in [1.82, 2.24) is 9.55 Å². The maximum absolute atomic E-state index is 13.1. The zero-order chi connectivity index (χ0) is 19.4. The van der Waals surface area contributed by atoms with Crippen molar-refractivity contribution in [3.05, 3.63) is 56.4 Å². The van der Waals surface area contributed by atoms with Crippen LogP contribution in [0.5, 0.6) is 0 Å². The van der Waals surface area contributed by atoms with Crippen molar-refractivity contribution in [2.45, 2.75) is 39.2 Å². The molecule has 1 amide bonds. The number of ketones is 1. The lowest BCUT2D eigenvalue weighted by Crippen LogP contribution is -2.25. The van der Waals surface area contributed by atoms with Crippen LogP contribution in [0.1, 0.15) is 39.7 Å². The van der Waals surface area contributed by atoms with Crippen molar-refractivity contribution in [3.8, 4) is 0 Å². The second-order valence-electron chi connectivity index (χ2n) is 7.73. The number of hydrogen-bond donors (Lipinski definition) is 1. The molecular weight excluding hydrogens is 374 g/mol. The molecule has 2 aromatic heterocycles. The Morgan fingerprint density at radius 1 is 1.36 bits per heavy atom. The molecule has 0 fully saturated rings. The summed E-state index contributed by atoms with van der Waals surface area (Å²) in [4.78, 5) is 43.8. The van der Waals surface area contributed by atoms with Gasteiger partial charge in [0.2, 0.25) is 5.91 Å². The van der Waals surface area contributed by atoms with Crippen LogP contribution in [0, 0.1) is 5.92 Å². The van der Waals surface area contributed by atoms with E-state index in [0.717, 1.165) is 40.9 Å². The van der Waals surface area contributed by atoms with Gasteiger partial charge in [0.25, 0.3) is 5.56 Å². The molecule has 7 heteroatoms. The maximum Gasteiger partial charge on any atom is 0.262 e. The Balaban J connectivity index is 1.48. The van der Waals surface area contributed by atoms with Crippen LogP contribution in [-0.2, 0) is 30.6 Å². The second-order valence-corrected chi connectivity index (χ2v) is 8.81. The minimum atomic E-state index is -0.164. The van der Waals surface area contributed by atoms with Crippen molar-refractivity contribution < 1.29 is 9.59 Å². The highest BCUT2D eigenvalue weighted by atomic mass is 32.1. The number of nitrogens with one attached hydrogen (secondary N) is 1. The Morgan fingerprint density at radius 2 is 2.21 bits per heavy atom. The van der Waals surface area contributed by atoms with Crippen LogP contribution in [0.15, 0.2) is 29.3 Å². The third-order valence-corrected chi connectivity index (χ3v) is 6.81. The highest BCUT2D eigenvalue weighted by Gasteiger charge is 2.24. The van der Waals surface area contributed by atoms with E-state index in [1.807, 2.05) is 0 Å². The highest BCUT2D eigenvalue weighted by molar-refractivity contribution is 7.18. The summed E-state index contributed by atoms with van der Waals surface area (Å²) >= 11 is 1.61. The first-order valence-electron chi connectivity index (χ1n) is 9.45. The Hall–Kier alpha value is -2.80. The Bertz CT molecular complexity index is 1210. The van der Waals surface area contributed by atoms with E-state index in [-0.39, 0.29) is 30.2 Å². The number of carbonyl (C=O) groups excluding carboxylic acids is 2. The monoisotopic (exact) mass is 393 g/mol. The Morgan fingerprint density at radius 3 is 3.07 bits per heavy atom. The molecule has 2 aliphatic rings. The first-order valence-corrected chi connectivity index (χ1v) is 10.3. The molecule has 0 bridgehead atoms. The molecule has 3 heterocycles. The van der Waals surface area contributed by atoms with E-state index in [0.29, 0.717) is 16.9 Å². The van der Waals surface area contributed by atoms with Gasteiger partial charge in [-0.15, -0.1) is 11.3 Å². The molecule has 0 unspecified atom stereocenters. The number of fused-ring (bicyclic) bond motifs is 4. The largest absolute Gasteiger partial charge is 0.326 e. The number of aromatic nitrogens is 2. The average Bonchev–Trinajstić information content (AvgIpc) is 3.22. The topological polar surface area (TPSA) is 81.1 Å². The summed E-state index contributed by atoms with van der Waals surface area (Å²) in [5, 5.41) is 3.44. The highest BCUT2D eigenvalue weighted by Crippen LogP contribution is 2.35. The predicted molar refractivity (Wildman–Crippen MR) is 108 cm³/mol. The zero-order valence-corrected chi connectivity index (χ0v) is 16.3. The molecule has 5 rings (SSSR count). The van der Waals surface area contributed by atoms with E-state index in [1.165, 1.54) is 15.8 Å². The molecule has 28 heavy (non-hydrogen) atoms. The summed E-state index contributed by atoms with van der Waals surface area (Å²) < 4.78 is 1.41. The predicted octanol–water partition coefficient (Wildman–Crippen LogP) is 2.96. The summed E-state index contributed by atoms with van der Waals surface area (Å²) in [5.74, 6) is 0.399. The smallest absolute Gasteiger partial charge is 0.262 e. The van der Waals surface area contributed by atoms with Gasteiger partial charge in [0.05, 0.1) is 24.7 Å². The number of anilines is 1.